The highest BCUT2D eigenvalue weighted by molar-refractivity contribution is 4.78. The molecule has 0 amide bonds. The molecule has 1 aliphatic heterocycles. The van der Waals surface area contributed by atoms with Gasteiger partial charge in [-0.3, -0.25) is 0 Å². The minimum Gasteiger partial charge on any atom is -0.390 e. The second-order valence-electron chi connectivity index (χ2n) is 5.02. The van der Waals surface area contributed by atoms with Gasteiger partial charge in [0.05, 0.1) is 18.3 Å². The van der Waals surface area contributed by atoms with Crippen LogP contribution in [0.5, 0.6) is 0 Å². The zero-order valence-corrected chi connectivity index (χ0v) is 11.1. The third-order valence-electron chi connectivity index (χ3n) is 3.27. The smallest absolute Gasteiger partial charge is 0.184 e. The van der Waals surface area contributed by atoms with Crippen LogP contribution in [-0.4, -0.2) is 40.9 Å². The molecule has 102 valence electrons. The van der Waals surface area contributed by atoms with Crippen LogP contribution in [-0.2, 0) is 9.47 Å². The van der Waals surface area contributed by atoms with Gasteiger partial charge in [0.25, 0.3) is 0 Å². The van der Waals surface area contributed by atoms with Gasteiger partial charge in [0, 0.05) is 6.42 Å². The van der Waals surface area contributed by atoms with E-state index >= 15 is 0 Å². The van der Waals surface area contributed by atoms with Crippen LogP contribution >= 0.6 is 0 Å². The molecule has 1 fully saturated rings. The number of rotatable bonds is 6. The Kier molecular flexibility index (Phi) is 6.41. The summed E-state index contributed by atoms with van der Waals surface area (Å²) in [5.74, 6) is 0. The molecule has 0 bridgehead atoms. The largest absolute Gasteiger partial charge is 0.390 e. The molecule has 0 saturated carbocycles. The van der Waals surface area contributed by atoms with E-state index in [9.17, 15) is 10.2 Å². The molecular formula is C13H26O4. The summed E-state index contributed by atoms with van der Waals surface area (Å²) in [7, 11) is 0. The molecule has 4 nitrogen and oxygen atoms in total. The van der Waals surface area contributed by atoms with Crippen molar-refractivity contribution in [3.63, 3.8) is 0 Å². The van der Waals surface area contributed by atoms with Crippen molar-refractivity contribution < 1.29 is 19.7 Å². The third-order valence-corrected chi connectivity index (χ3v) is 3.27. The van der Waals surface area contributed by atoms with Gasteiger partial charge in [-0.05, 0) is 20.3 Å². The molecule has 0 aliphatic carbocycles. The van der Waals surface area contributed by atoms with Crippen molar-refractivity contribution in [3.8, 4) is 0 Å². The molecule has 0 aromatic carbocycles. The Morgan fingerprint density at radius 1 is 1.29 bits per heavy atom. The van der Waals surface area contributed by atoms with Crippen LogP contribution in [0.3, 0.4) is 0 Å². The standard InChI is InChI=1S/C13H26O4/c1-4-5-6-7-9(2)16-13-12(15)8-11(14)10(3)17-13/h9-15H,4-8H2,1-3H3/t9-,10?,11-,12?,13-/m1/s1. The molecule has 1 aliphatic rings. The molecule has 4 heteroatoms. The molecule has 1 saturated heterocycles. The first-order valence-corrected chi connectivity index (χ1v) is 6.71. The van der Waals surface area contributed by atoms with E-state index in [4.69, 9.17) is 9.47 Å². The van der Waals surface area contributed by atoms with Gasteiger partial charge >= 0.3 is 0 Å². The van der Waals surface area contributed by atoms with Crippen LogP contribution in [0.4, 0.5) is 0 Å². The first kappa shape index (κ1) is 14.9. The van der Waals surface area contributed by atoms with Gasteiger partial charge in [0.2, 0.25) is 0 Å². The molecule has 0 spiro atoms. The summed E-state index contributed by atoms with van der Waals surface area (Å²) in [6.07, 6.45) is 2.74. The highest BCUT2D eigenvalue weighted by atomic mass is 16.7. The molecule has 17 heavy (non-hydrogen) atoms. The fourth-order valence-corrected chi connectivity index (χ4v) is 2.04. The average molecular weight is 246 g/mol. The van der Waals surface area contributed by atoms with Crippen molar-refractivity contribution >= 4 is 0 Å². The van der Waals surface area contributed by atoms with Gasteiger partial charge in [-0.25, -0.2) is 0 Å². The lowest BCUT2D eigenvalue weighted by molar-refractivity contribution is -0.273. The van der Waals surface area contributed by atoms with E-state index in [-0.39, 0.29) is 12.2 Å². The third kappa shape index (κ3) is 4.92. The van der Waals surface area contributed by atoms with Gasteiger partial charge in [-0.15, -0.1) is 0 Å². The van der Waals surface area contributed by atoms with Gasteiger partial charge in [-0.2, -0.15) is 0 Å². The van der Waals surface area contributed by atoms with Crippen molar-refractivity contribution in [1.29, 1.82) is 0 Å². The lowest BCUT2D eigenvalue weighted by Crippen LogP contribution is -2.48. The van der Waals surface area contributed by atoms with Crippen molar-refractivity contribution in [2.75, 3.05) is 0 Å². The number of hydrogen-bond donors (Lipinski definition) is 2. The second-order valence-corrected chi connectivity index (χ2v) is 5.02. The summed E-state index contributed by atoms with van der Waals surface area (Å²) >= 11 is 0. The zero-order valence-electron chi connectivity index (χ0n) is 11.1. The molecule has 2 unspecified atom stereocenters. The van der Waals surface area contributed by atoms with Crippen LogP contribution in [0.1, 0.15) is 52.9 Å². The minimum absolute atomic E-state index is 0.0867. The van der Waals surface area contributed by atoms with Crippen molar-refractivity contribution in [2.24, 2.45) is 0 Å². The summed E-state index contributed by atoms with van der Waals surface area (Å²) in [5.41, 5.74) is 0. The molecule has 5 atom stereocenters. The topological polar surface area (TPSA) is 58.9 Å². The van der Waals surface area contributed by atoms with Crippen LogP contribution in [0.25, 0.3) is 0 Å². The van der Waals surface area contributed by atoms with E-state index in [1.807, 2.05) is 6.92 Å². The Balaban J connectivity index is 2.29. The number of hydrogen-bond acceptors (Lipinski definition) is 4. The maximum atomic E-state index is 9.77. The highest BCUT2D eigenvalue weighted by Gasteiger charge is 2.35. The number of aliphatic hydroxyl groups excluding tert-OH is 2. The van der Waals surface area contributed by atoms with Crippen LogP contribution in [0.15, 0.2) is 0 Å². The molecule has 0 aromatic rings. The number of ether oxygens (including phenoxy) is 2. The van der Waals surface area contributed by atoms with Crippen molar-refractivity contribution in [3.05, 3.63) is 0 Å². The Morgan fingerprint density at radius 3 is 2.65 bits per heavy atom. The lowest BCUT2D eigenvalue weighted by atomic mass is 10.0. The van der Waals surface area contributed by atoms with Crippen LogP contribution < -0.4 is 0 Å². The molecule has 2 N–H and O–H groups in total. The molecular weight excluding hydrogens is 220 g/mol. The van der Waals surface area contributed by atoms with Gasteiger partial charge in [0.15, 0.2) is 6.29 Å². The fraction of sp³-hybridized carbons (Fsp3) is 1.00. The monoisotopic (exact) mass is 246 g/mol. The van der Waals surface area contributed by atoms with E-state index in [2.05, 4.69) is 6.92 Å². The molecule has 1 rings (SSSR count). The predicted octanol–water partition coefficient (Wildman–Crippen LogP) is 1.83. The summed E-state index contributed by atoms with van der Waals surface area (Å²) in [6.45, 7) is 5.97. The zero-order chi connectivity index (χ0) is 12.8. The van der Waals surface area contributed by atoms with Crippen molar-refractivity contribution in [1.82, 2.24) is 0 Å². The maximum Gasteiger partial charge on any atom is 0.184 e. The van der Waals surface area contributed by atoms with E-state index in [1.165, 1.54) is 12.8 Å². The first-order chi connectivity index (χ1) is 8.04. The maximum absolute atomic E-state index is 9.77. The van der Waals surface area contributed by atoms with E-state index in [0.29, 0.717) is 6.42 Å². The van der Waals surface area contributed by atoms with E-state index in [1.54, 1.807) is 6.92 Å². The quantitative estimate of drug-likeness (QED) is 0.702. The molecule has 0 aromatic heterocycles. The SMILES string of the molecule is CCCCC[C@@H](C)O[C@@H]1OC(C)[C@H](O)CC1O. The Bertz CT molecular complexity index is 210. The fourth-order valence-electron chi connectivity index (χ4n) is 2.04. The summed E-state index contributed by atoms with van der Waals surface area (Å²) in [4.78, 5) is 0. The Morgan fingerprint density at radius 2 is 2.00 bits per heavy atom. The second kappa shape index (κ2) is 7.31. The summed E-state index contributed by atoms with van der Waals surface area (Å²) < 4.78 is 11.2. The minimum atomic E-state index is -0.727. The number of unbranched alkanes of at least 4 members (excludes halogenated alkanes) is 2. The predicted molar refractivity (Wildman–Crippen MR) is 65.7 cm³/mol. The molecule has 0 radical (unpaired) electrons. The van der Waals surface area contributed by atoms with E-state index in [0.717, 1.165) is 12.8 Å². The first-order valence-electron chi connectivity index (χ1n) is 6.71. The normalized spacial score (nSPS) is 35.8. The summed E-state index contributed by atoms with van der Waals surface area (Å²) in [6, 6.07) is 0. The Labute approximate surface area is 104 Å². The van der Waals surface area contributed by atoms with Crippen LogP contribution in [0, 0.1) is 0 Å². The van der Waals surface area contributed by atoms with Crippen molar-refractivity contribution in [2.45, 2.75) is 83.6 Å². The van der Waals surface area contributed by atoms with Crippen LogP contribution in [0.2, 0.25) is 0 Å². The number of aliphatic hydroxyl groups is 2. The highest BCUT2D eigenvalue weighted by Crippen LogP contribution is 2.22. The Hall–Kier alpha value is -0.160. The summed E-state index contributed by atoms with van der Waals surface area (Å²) in [5, 5.41) is 19.3. The average Bonchev–Trinajstić information content (AvgIpc) is 2.26. The van der Waals surface area contributed by atoms with E-state index < -0.39 is 18.5 Å². The van der Waals surface area contributed by atoms with Gasteiger partial charge in [-0.1, -0.05) is 26.2 Å². The molecule has 1 heterocycles. The lowest BCUT2D eigenvalue weighted by Gasteiger charge is -2.36. The van der Waals surface area contributed by atoms with Gasteiger partial charge < -0.3 is 19.7 Å². The van der Waals surface area contributed by atoms with Gasteiger partial charge in [0.1, 0.15) is 6.10 Å².